The standard InChI is InChI=1S/C18H23N3O3/c1-19-10-2-5-14(15(19)22)16(23)21-12-4-9-18(21)8-3-11-20(17(18)24)13-6-7-13/h2,5,10,13H,3-4,6-9,11-12H2,1H3. The van der Waals surface area contributed by atoms with E-state index < -0.39 is 5.54 Å². The normalized spacial score (nSPS) is 27.1. The number of amides is 2. The Morgan fingerprint density at radius 3 is 2.58 bits per heavy atom. The molecule has 6 nitrogen and oxygen atoms in total. The first-order valence-corrected chi connectivity index (χ1v) is 8.83. The van der Waals surface area contributed by atoms with Gasteiger partial charge in [-0.1, -0.05) is 0 Å². The number of rotatable bonds is 2. The van der Waals surface area contributed by atoms with Crippen LogP contribution in [-0.2, 0) is 11.8 Å². The van der Waals surface area contributed by atoms with Crippen LogP contribution in [0.4, 0.5) is 0 Å². The lowest BCUT2D eigenvalue weighted by Crippen LogP contribution is -2.62. The summed E-state index contributed by atoms with van der Waals surface area (Å²) in [4.78, 5) is 42.3. The predicted octanol–water partition coefficient (Wildman–Crippen LogP) is 1.14. The second-order valence-corrected chi connectivity index (χ2v) is 7.26. The van der Waals surface area contributed by atoms with Crippen LogP contribution in [0.5, 0.6) is 0 Å². The Morgan fingerprint density at radius 2 is 1.88 bits per heavy atom. The zero-order valence-electron chi connectivity index (χ0n) is 14.0. The van der Waals surface area contributed by atoms with Crippen molar-refractivity contribution in [3.8, 4) is 0 Å². The van der Waals surface area contributed by atoms with Gasteiger partial charge in [-0.3, -0.25) is 14.4 Å². The summed E-state index contributed by atoms with van der Waals surface area (Å²) in [6.07, 6.45) is 6.98. The third-order valence-corrected chi connectivity index (χ3v) is 5.72. The second-order valence-electron chi connectivity index (χ2n) is 7.26. The van der Waals surface area contributed by atoms with Crippen molar-refractivity contribution in [3.63, 3.8) is 0 Å². The first-order chi connectivity index (χ1) is 11.5. The number of nitrogens with zero attached hydrogens (tertiary/aromatic N) is 3. The lowest BCUT2D eigenvalue weighted by Gasteiger charge is -2.44. The Bertz CT molecular complexity index is 752. The fourth-order valence-electron chi connectivity index (χ4n) is 4.31. The summed E-state index contributed by atoms with van der Waals surface area (Å²) >= 11 is 0. The fraction of sp³-hybridized carbons (Fsp3) is 0.611. The van der Waals surface area contributed by atoms with Gasteiger partial charge in [0, 0.05) is 32.4 Å². The van der Waals surface area contributed by atoms with E-state index in [-0.39, 0.29) is 22.9 Å². The Balaban J connectivity index is 1.69. The van der Waals surface area contributed by atoms with Gasteiger partial charge in [0.1, 0.15) is 11.1 Å². The average Bonchev–Trinajstić information content (AvgIpc) is 3.33. The van der Waals surface area contributed by atoms with Crippen molar-refractivity contribution in [2.24, 2.45) is 7.05 Å². The Labute approximate surface area is 141 Å². The van der Waals surface area contributed by atoms with Crippen LogP contribution in [0, 0.1) is 0 Å². The molecule has 3 heterocycles. The third-order valence-electron chi connectivity index (χ3n) is 5.72. The average molecular weight is 329 g/mol. The molecule has 0 N–H and O–H groups in total. The van der Waals surface area contributed by atoms with Crippen molar-refractivity contribution in [2.75, 3.05) is 13.1 Å². The van der Waals surface area contributed by atoms with Gasteiger partial charge < -0.3 is 14.4 Å². The summed E-state index contributed by atoms with van der Waals surface area (Å²) in [5, 5.41) is 0. The molecule has 1 atom stereocenters. The summed E-state index contributed by atoms with van der Waals surface area (Å²) in [5.41, 5.74) is -0.858. The van der Waals surface area contributed by atoms with Gasteiger partial charge in [-0.25, -0.2) is 0 Å². The highest BCUT2D eigenvalue weighted by Crippen LogP contribution is 2.42. The van der Waals surface area contributed by atoms with Crippen molar-refractivity contribution in [3.05, 3.63) is 34.2 Å². The maximum atomic E-state index is 13.2. The van der Waals surface area contributed by atoms with E-state index in [1.54, 1.807) is 30.3 Å². The number of carbonyl (C=O) groups excluding carboxylic acids is 2. The molecule has 2 saturated heterocycles. The van der Waals surface area contributed by atoms with Gasteiger partial charge in [0.15, 0.2) is 0 Å². The number of hydrogen-bond acceptors (Lipinski definition) is 3. The smallest absolute Gasteiger partial charge is 0.263 e. The quantitative estimate of drug-likeness (QED) is 0.817. The van der Waals surface area contributed by atoms with Crippen LogP contribution < -0.4 is 5.56 Å². The molecule has 3 fully saturated rings. The molecule has 1 spiro atoms. The first-order valence-electron chi connectivity index (χ1n) is 8.83. The van der Waals surface area contributed by atoms with Crippen LogP contribution in [0.3, 0.4) is 0 Å². The monoisotopic (exact) mass is 329 g/mol. The largest absolute Gasteiger partial charge is 0.338 e. The zero-order chi connectivity index (χ0) is 16.9. The summed E-state index contributed by atoms with van der Waals surface area (Å²) < 4.78 is 1.41. The number of piperidine rings is 1. The van der Waals surface area contributed by atoms with Gasteiger partial charge in [-0.05, 0) is 50.7 Å². The second kappa shape index (κ2) is 5.46. The van der Waals surface area contributed by atoms with Gasteiger partial charge in [-0.2, -0.15) is 0 Å². The number of aromatic nitrogens is 1. The molecule has 24 heavy (non-hydrogen) atoms. The number of hydrogen-bond donors (Lipinski definition) is 0. The van der Waals surface area contributed by atoms with Gasteiger partial charge in [-0.15, -0.1) is 0 Å². The van der Waals surface area contributed by atoms with E-state index in [1.165, 1.54) is 4.57 Å². The number of likely N-dealkylation sites (tertiary alicyclic amines) is 2. The lowest BCUT2D eigenvalue weighted by molar-refractivity contribution is -0.146. The van der Waals surface area contributed by atoms with Crippen molar-refractivity contribution < 1.29 is 9.59 Å². The summed E-state index contributed by atoms with van der Waals surface area (Å²) in [5.74, 6) is -0.186. The summed E-state index contributed by atoms with van der Waals surface area (Å²) in [6.45, 7) is 1.36. The fourth-order valence-corrected chi connectivity index (χ4v) is 4.31. The minimum atomic E-state index is -0.723. The predicted molar refractivity (Wildman–Crippen MR) is 88.7 cm³/mol. The molecule has 3 aliphatic rings. The summed E-state index contributed by atoms with van der Waals surface area (Å²) in [6, 6.07) is 3.65. The Morgan fingerprint density at radius 1 is 1.17 bits per heavy atom. The number of pyridine rings is 1. The van der Waals surface area contributed by atoms with Crippen LogP contribution in [0.25, 0.3) is 0 Å². The minimum Gasteiger partial charge on any atom is -0.338 e. The molecule has 4 rings (SSSR count). The van der Waals surface area contributed by atoms with Crippen molar-refractivity contribution in [2.45, 2.75) is 50.1 Å². The Kier molecular flexibility index (Phi) is 3.51. The molecule has 0 bridgehead atoms. The van der Waals surface area contributed by atoms with Crippen LogP contribution in [0.2, 0.25) is 0 Å². The lowest BCUT2D eigenvalue weighted by atomic mass is 9.85. The molecule has 2 aliphatic heterocycles. The molecule has 1 saturated carbocycles. The van der Waals surface area contributed by atoms with E-state index in [0.29, 0.717) is 25.4 Å². The molecule has 1 unspecified atom stereocenters. The van der Waals surface area contributed by atoms with Crippen LogP contribution in [0.15, 0.2) is 23.1 Å². The van der Waals surface area contributed by atoms with Crippen LogP contribution >= 0.6 is 0 Å². The van der Waals surface area contributed by atoms with E-state index >= 15 is 0 Å². The summed E-state index contributed by atoms with van der Waals surface area (Å²) in [7, 11) is 1.64. The van der Waals surface area contributed by atoms with Gasteiger partial charge in [0.05, 0.1) is 0 Å². The highest BCUT2D eigenvalue weighted by molar-refractivity contribution is 6.00. The maximum Gasteiger partial charge on any atom is 0.263 e. The van der Waals surface area contributed by atoms with Crippen LogP contribution in [-0.4, -0.2) is 50.9 Å². The number of carbonyl (C=O) groups is 2. The van der Waals surface area contributed by atoms with Crippen molar-refractivity contribution in [1.29, 1.82) is 0 Å². The molecule has 0 radical (unpaired) electrons. The van der Waals surface area contributed by atoms with Crippen molar-refractivity contribution in [1.82, 2.24) is 14.4 Å². The van der Waals surface area contributed by atoms with Gasteiger partial charge in [0.2, 0.25) is 5.91 Å². The van der Waals surface area contributed by atoms with Gasteiger partial charge >= 0.3 is 0 Å². The Hall–Kier alpha value is -2.11. The van der Waals surface area contributed by atoms with E-state index in [0.717, 1.165) is 32.2 Å². The number of aryl methyl sites for hydroxylation is 1. The highest BCUT2D eigenvalue weighted by Gasteiger charge is 2.54. The van der Waals surface area contributed by atoms with Crippen LogP contribution in [0.1, 0.15) is 48.9 Å². The molecule has 0 aromatic carbocycles. The van der Waals surface area contributed by atoms with Gasteiger partial charge in [0.25, 0.3) is 11.5 Å². The van der Waals surface area contributed by atoms with E-state index in [9.17, 15) is 14.4 Å². The molecule has 1 aliphatic carbocycles. The van der Waals surface area contributed by atoms with E-state index in [4.69, 9.17) is 0 Å². The molecule has 6 heteroatoms. The third kappa shape index (κ3) is 2.19. The van der Waals surface area contributed by atoms with E-state index in [2.05, 4.69) is 0 Å². The SMILES string of the molecule is Cn1cccc(C(=O)N2CCCC23CCCN(C2CC2)C3=O)c1=O. The zero-order valence-corrected chi connectivity index (χ0v) is 14.0. The van der Waals surface area contributed by atoms with Crippen molar-refractivity contribution >= 4 is 11.8 Å². The highest BCUT2D eigenvalue weighted by atomic mass is 16.2. The maximum absolute atomic E-state index is 13.2. The molecule has 1 aromatic rings. The molecule has 1 aromatic heterocycles. The van der Waals surface area contributed by atoms with E-state index in [1.807, 2.05) is 4.90 Å². The first kappa shape index (κ1) is 15.4. The molecule has 128 valence electrons. The minimum absolute atomic E-state index is 0.106. The molecular weight excluding hydrogens is 306 g/mol. The molecule has 2 amide bonds. The topological polar surface area (TPSA) is 62.6 Å². The molecular formula is C18H23N3O3.